The fourth-order valence-electron chi connectivity index (χ4n) is 2.19. The van der Waals surface area contributed by atoms with Gasteiger partial charge in [0.15, 0.2) is 0 Å². The molecule has 0 aliphatic carbocycles. The largest absolute Gasteiger partial charge is 0.497 e. The van der Waals surface area contributed by atoms with Gasteiger partial charge in [-0.25, -0.2) is 0 Å². The standard InChI is InChI=1S/C18H18N2O4/c1-24-14-8-6-13(7-9-14)12-19-18(22)16-5-3-2-4-15(16)17(20-23)10-11-21/h2-11,20,23H,12H2,1H3,(H,19,22). The molecule has 24 heavy (non-hydrogen) atoms. The first kappa shape index (κ1) is 17.2. The predicted molar refractivity (Wildman–Crippen MR) is 89.6 cm³/mol. The monoisotopic (exact) mass is 326 g/mol. The van der Waals surface area contributed by atoms with E-state index in [2.05, 4.69) is 5.32 Å². The first-order valence-electron chi connectivity index (χ1n) is 7.25. The minimum Gasteiger partial charge on any atom is -0.497 e. The van der Waals surface area contributed by atoms with E-state index < -0.39 is 0 Å². The van der Waals surface area contributed by atoms with Crippen LogP contribution < -0.4 is 15.5 Å². The van der Waals surface area contributed by atoms with Crippen molar-refractivity contribution in [3.05, 3.63) is 71.3 Å². The van der Waals surface area contributed by atoms with Crippen molar-refractivity contribution in [2.45, 2.75) is 6.54 Å². The van der Waals surface area contributed by atoms with Crippen molar-refractivity contribution in [1.29, 1.82) is 0 Å². The Labute approximate surface area is 139 Å². The molecule has 0 atom stereocenters. The van der Waals surface area contributed by atoms with Crippen LogP contribution in [-0.4, -0.2) is 24.5 Å². The molecule has 2 aromatic rings. The fraction of sp³-hybridized carbons (Fsp3) is 0.111. The van der Waals surface area contributed by atoms with Crippen molar-refractivity contribution in [2.75, 3.05) is 7.11 Å². The molecular formula is C18H18N2O4. The number of carbonyl (C=O) groups excluding carboxylic acids is 2. The van der Waals surface area contributed by atoms with Crippen LogP contribution in [-0.2, 0) is 11.3 Å². The van der Waals surface area contributed by atoms with Gasteiger partial charge >= 0.3 is 0 Å². The van der Waals surface area contributed by atoms with Gasteiger partial charge in [0.2, 0.25) is 0 Å². The molecule has 0 spiro atoms. The van der Waals surface area contributed by atoms with E-state index in [0.717, 1.165) is 17.4 Å². The number of amides is 1. The lowest BCUT2D eigenvalue weighted by Gasteiger charge is -2.12. The molecule has 0 aliphatic heterocycles. The van der Waals surface area contributed by atoms with Gasteiger partial charge in [-0.15, -0.1) is 0 Å². The summed E-state index contributed by atoms with van der Waals surface area (Å²) in [5.74, 6) is 0.432. The molecule has 0 bridgehead atoms. The third-order valence-electron chi connectivity index (χ3n) is 3.43. The summed E-state index contributed by atoms with van der Waals surface area (Å²) < 4.78 is 5.09. The zero-order valence-corrected chi connectivity index (χ0v) is 13.2. The number of rotatable bonds is 7. The summed E-state index contributed by atoms with van der Waals surface area (Å²) in [7, 11) is 1.59. The molecule has 1 amide bonds. The topological polar surface area (TPSA) is 87.7 Å². The van der Waals surface area contributed by atoms with Crippen LogP contribution in [0.2, 0.25) is 0 Å². The van der Waals surface area contributed by atoms with Crippen molar-refractivity contribution in [2.24, 2.45) is 0 Å². The van der Waals surface area contributed by atoms with Crippen molar-refractivity contribution in [3.63, 3.8) is 0 Å². The molecule has 6 nitrogen and oxygen atoms in total. The number of hydrogen-bond donors (Lipinski definition) is 3. The summed E-state index contributed by atoms with van der Waals surface area (Å²) >= 11 is 0. The fourth-order valence-corrected chi connectivity index (χ4v) is 2.19. The van der Waals surface area contributed by atoms with E-state index >= 15 is 0 Å². The first-order valence-corrected chi connectivity index (χ1v) is 7.25. The van der Waals surface area contributed by atoms with Crippen LogP contribution in [0.15, 0.2) is 54.6 Å². The predicted octanol–water partition coefficient (Wildman–Crippen LogP) is 2.14. The number of hydroxylamine groups is 1. The molecule has 3 N–H and O–H groups in total. The number of benzene rings is 2. The van der Waals surface area contributed by atoms with Gasteiger partial charge in [-0.3, -0.25) is 20.3 Å². The molecule has 0 radical (unpaired) electrons. The number of nitrogens with one attached hydrogen (secondary N) is 2. The van der Waals surface area contributed by atoms with Crippen molar-refractivity contribution >= 4 is 17.9 Å². The van der Waals surface area contributed by atoms with E-state index in [1.165, 1.54) is 0 Å². The van der Waals surface area contributed by atoms with E-state index in [-0.39, 0.29) is 11.6 Å². The lowest BCUT2D eigenvalue weighted by atomic mass is 10.0. The maximum absolute atomic E-state index is 12.4. The molecular weight excluding hydrogens is 308 g/mol. The van der Waals surface area contributed by atoms with Gasteiger partial charge in [-0.2, -0.15) is 0 Å². The Hall–Kier alpha value is -3.12. The van der Waals surface area contributed by atoms with E-state index in [1.807, 2.05) is 29.7 Å². The van der Waals surface area contributed by atoms with Gasteiger partial charge in [0.1, 0.15) is 12.0 Å². The molecule has 0 fully saturated rings. The Morgan fingerprint density at radius 1 is 1.12 bits per heavy atom. The van der Waals surface area contributed by atoms with Crippen LogP contribution in [0, 0.1) is 0 Å². The Bertz CT molecular complexity index is 739. The number of aldehydes is 1. The molecule has 0 aliphatic rings. The number of methoxy groups -OCH3 is 1. The zero-order valence-electron chi connectivity index (χ0n) is 13.2. The summed E-state index contributed by atoms with van der Waals surface area (Å²) in [6, 6.07) is 14.0. The molecule has 0 saturated heterocycles. The quantitative estimate of drug-likeness (QED) is 0.412. The summed E-state index contributed by atoms with van der Waals surface area (Å²) in [4.78, 5) is 23.1. The van der Waals surface area contributed by atoms with Gasteiger partial charge in [-0.1, -0.05) is 30.3 Å². The van der Waals surface area contributed by atoms with Crippen LogP contribution in [0.25, 0.3) is 5.70 Å². The van der Waals surface area contributed by atoms with E-state index in [0.29, 0.717) is 24.0 Å². The summed E-state index contributed by atoms with van der Waals surface area (Å²) in [5, 5.41) is 12.0. The number of hydrogen-bond acceptors (Lipinski definition) is 5. The minimum absolute atomic E-state index is 0.153. The Kier molecular flexibility index (Phi) is 6.10. The van der Waals surface area contributed by atoms with Gasteiger partial charge in [0.25, 0.3) is 5.91 Å². The van der Waals surface area contributed by atoms with Gasteiger partial charge < -0.3 is 10.1 Å². The lowest BCUT2D eigenvalue weighted by Crippen LogP contribution is -2.24. The molecule has 0 heterocycles. The highest BCUT2D eigenvalue weighted by Crippen LogP contribution is 2.17. The average molecular weight is 326 g/mol. The van der Waals surface area contributed by atoms with Crippen LogP contribution in [0.1, 0.15) is 21.5 Å². The van der Waals surface area contributed by atoms with Gasteiger partial charge in [0.05, 0.1) is 12.8 Å². The molecule has 0 aromatic heterocycles. The molecule has 2 aromatic carbocycles. The Morgan fingerprint density at radius 3 is 2.38 bits per heavy atom. The molecule has 6 heteroatoms. The minimum atomic E-state index is -0.312. The normalized spacial score (nSPS) is 10.8. The van der Waals surface area contributed by atoms with E-state index in [1.54, 1.807) is 31.4 Å². The van der Waals surface area contributed by atoms with Gasteiger partial charge in [0, 0.05) is 23.7 Å². The zero-order chi connectivity index (χ0) is 17.4. The highest BCUT2D eigenvalue weighted by Gasteiger charge is 2.13. The Morgan fingerprint density at radius 2 is 1.79 bits per heavy atom. The van der Waals surface area contributed by atoms with Gasteiger partial charge in [-0.05, 0) is 23.8 Å². The SMILES string of the molecule is COc1ccc(CNC(=O)c2ccccc2C(=CC=O)NO)cc1. The summed E-state index contributed by atoms with van der Waals surface area (Å²) in [5.41, 5.74) is 3.79. The van der Waals surface area contributed by atoms with Crippen molar-refractivity contribution < 1.29 is 19.5 Å². The average Bonchev–Trinajstić information content (AvgIpc) is 2.64. The van der Waals surface area contributed by atoms with E-state index in [4.69, 9.17) is 9.94 Å². The first-order chi connectivity index (χ1) is 11.7. The van der Waals surface area contributed by atoms with E-state index in [9.17, 15) is 9.59 Å². The van der Waals surface area contributed by atoms with Crippen LogP contribution >= 0.6 is 0 Å². The third kappa shape index (κ3) is 4.21. The molecule has 0 unspecified atom stereocenters. The number of carbonyl (C=O) groups is 2. The number of allylic oxidation sites excluding steroid dienone is 1. The smallest absolute Gasteiger partial charge is 0.252 e. The molecule has 124 valence electrons. The molecule has 0 saturated carbocycles. The van der Waals surface area contributed by atoms with Crippen LogP contribution in [0.3, 0.4) is 0 Å². The second-order valence-corrected chi connectivity index (χ2v) is 4.90. The highest BCUT2D eigenvalue weighted by molar-refractivity contribution is 6.00. The Balaban J connectivity index is 2.14. The van der Waals surface area contributed by atoms with Crippen LogP contribution in [0.4, 0.5) is 0 Å². The maximum atomic E-state index is 12.4. The second kappa shape index (κ2) is 8.50. The van der Waals surface area contributed by atoms with Crippen molar-refractivity contribution in [1.82, 2.24) is 10.8 Å². The summed E-state index contributed by atoms with van der Waals surface area (Å²) in [6.45, 7) is 0.344. The number of ether oxygens (including phenoxy) is 1. The third-order valence-corrected chi connectivity index (χ3v) is 3.43. The highest BCUT2D eigenvalue weighted by atomic mass is 16.5. The van der Waals surface area contributed by atoms with Crippen molar-refractivity contribution in [3.8, 4) is 5.75 Å². The van der Waals surface area contributed by atoms with Crippen LogP contribution in [0.5, 0.6) is 5.75 Å². The lowest BCUT2D eigenvalue weighted by molar-refractivity contribution is -0.104. The maximum Gasteiger partial charge on any atom is 0.252 e. The second-order valence-electron chi connectivity index (χ2n) is 4.90. The molecule has 2 rings (SSSR count). The summed E-state index contributed by atoms with van der Waals surface area (Å²) in [6.07, 6.45) is 1.68.